The van der Waals surface area contributed by atoms with Crippen LogP contribution in [0.25, 0.3) is 0 Å². The number of hydrogen-bond donors (Lipinski definition) is 1. The maximum Gasteiger partial charge on any atom is 0.0482 e. The van der Waals surface area contributed by atoms with Crippen molar-refractivity contribution in [2.24, 2.45) is 11.7 Å². The van der Waals surface area contributed by atoms with Crippen LogP contribution in [0.2, 0.25) is 0 Å². The first-order chi connectivity index (χ1) is 8.70. The molecule has 100 valence electrons. The van der Waals surface area contributed by atoms with Gasteiger partial charge in [0.15, 0.2) is 0 Å². The van der Waals surface area contributed by atoms with Crippen LogP contribution in [0.4, 0.5) is 0 Å². The monoisotopic (exact) mass is 248 g/mol. The molecule has 2 rings (SSSR count). The molecule has 0 aromatic carbocycles. The largest absolute Gasteiger partial charge is 0.329 e. The molecule has 0 saturated carbocycles. The predicted molar refractivity (Wildman–Crippen MR) is 74.3 cm³/mol. The van der Waals surface area contributed by atoms with Gasteiger partial charge in [0.1, 0.15) is 0 Å². The zero-order valence-corrected chi connectivity index (χ0v) is 11.4. The molecule has 1 fully saturated rings. The van der Waals surface area contributed by atoms with Crippen LogP contribution < -0.4 is 5.73 Å². The molecule has 4 nitrogen and oxygen atoms in total. The standard InChI is InChI=1S/C14H24N4/c1-17-7-5-12(10-17)11-18(2)14(8-15)13-4-3-6-16-9-13/h3-4,6,9,12,14H,5,7-8,10-11,15H2,1-2H3. The lowest BCUT2D eigenvalue weighted by Gasteiger charge is -2.29. The highest BCUT2D eigenvalue weighted by molar-refractivity contribution is 5.14. The fraction of sp³-hybridized carbons (Fsp3) is 0.643. The second kappa shape index (κ2) is 6.27. The molecule has 0 amide bonds. The fourth-order valence-electron chi connectivity index (χ4n) is 2.85. The van der Waals surface area contributed by atoms with Crippen LogP contribution in [0.1, 0.15) is 18.0 Å². The lowest BCUT2D eigenvalue weighted by molar-refractivity contribution is 0.211. The Morgan fingerprint density at radius 2 is 2.44 bits per heavy atom. The summed E-state index contributed by atoms with van der Waals surface area (Å²) in [6, 6.07) is 4.38. The minimum Gasteiger partial charge on any atom is -0.329 e. The van der Waals surface area contributed by atoms with Crippen molar-refractivity contribution in [2.75, 3.05) is 40.3 Å². The van der Waals surface area contributed by atoms with Crippen LogP contribution >= 0.6 is 0 Å². The van der Waals surface area contributed by atoms with Crippen molar-refractivity contribution >= 4 is 0 Å². The number of likely N-dealkylation sites (N-methyl/N-ethyl adjacent to an activating group) is 1. The summed E-state index contributed by atoms with van der Waals surface area (Å²) in [6.45, 7) is 4.18. The first kappa shape index (κ1) is 13.5. The summed E-state index contributed by atoms with van der Waals surface area (Å²) in [5, 5.41) is 0. The summed E-state index contributed by atoms with van der Waals surface area (Å²) >= 11 is 0. The molecule has 2 atom stereocenters. The molecule has 0 bridgehead atoms. The van der Waals surface area contributed by atoms with Crippen molar-refractivity contribution in [2.45, 2.75) is 12.5 Å². The van der Waals surface area contributed by atoms with Gasteiger partial charge in [0.25, 0.3) is 0 Å². The number of nitrogens with zero attached hydrogens (tertiary/aromatic N) is 3. The van der Waals surface area contributed by atoms with E-state index in [2.05, 4.69) is 34.9 Å². The average Bonchev–Trinajstić information content (AvgIpc) is 2.77. The molecule has 18 heavy (non-hydrogen) atoms. The predicted octanol–water partition coefficient (Wildman–Crippen LogP) is 0.965. The summed E-state index contributed by atoms with van der Waals surface area (Å²) in [5.74, 6) is 0.769. The lowest BCUT2D eigenvalue weighted by Crippen LogP contribution is -2.35. The number of hydrogen-bond acceptors (Lipinski definition) is 4. The lowest BCUT2D eigenvalue weighted by atomic mass is 10.0. The Morgan fingerprint density at radius 3 is 3.00 bits per heavy atom. The van der Waals surface area contributed by atoms with Gasteiger partial charge in [0.2, 0.25) is 0 Å². The summed E-state index contributed by atoms with van der Waals surface area (Å²) in [6.07, 6.45) is 5.03. The third-order valence-electron chi connectivity index (χ3n) is 3.86. The van der Waals surface area contributed by atoms with Gasteiger partial charge in [0, 0.05) is 38.1 Å². The zero-order valence-electron chi connectivity index (χ0n) is 11.4. The highest BCUT2D eigenvalue weighted by Gasteiger charge is 2.24. The van der Waals surface area contributed by atoms with Crippen LogP contribution in [0.3, 0.4) is 0 Å². The van der Waals surface area contributed by atoms with E-state index in [1.807, 2.05) is 18.5 Å². The quantitative estimate of drug-likeness (QED) is 0.843. The van der Waals surface area contributed by atoms with Crippen LogP contribution in [0.5, 0.6) is 0 Å². The number of aromatic nitrogens is 1. The first-order valence-electron chi connectivity index (χ1n) is 6.69. The summed E-state index contributed by atoms with van der Waals surface area (Å²) in [7, 11) is 4.37. The van der Waals surface area contributed by atoms with Gasteiger partial charge in [-0.1, -0.05) is 6.07 Å². The Hall–Kier alpha value is -0.970. The third-order valence-corrected chi connectivity index (χ3v) is 3.86. The Bertz CT molecular complexity index is 354. The van der Waals surface area contributed by atoms with Crippen LogP contribution in [-0.4, -0.2) is 55.1 Å². The summed E-state index contributed by atoms with van der Waals surface area (Å²) < 4.78 is 0. The Labute approximate surface area is 110 Å². The van der Waals surface area contributed by atoms with E-state index in [0.29, 0.717) is 6.54 Å². The number of rotatable bonds is 5. The summed E-state index contributed by atoms with van der Waals surface area (Å²) in [5.41, 5.74) is 7.14. The second-order valence-corrected chi connectivity index (χ2v) is 5.39. The Balaban J connectivity index is 1.95. The maximum atomic E-state index is 5.93. The molecule has 1 aromatic heterocycles. The van der Waals surface area contributed by atoms with Crippen LogP contribution in [-0.2, 0) is 0 Å². The van der Waals surface area contributed by atoms with E-state index in [4.69, 9.17) is 5.73 Å². The smallest absolute Gasteiger partial charge is 0.0482 e. The van der Waals surface area contributed by atoms with Gasteiger partial charge >= 0.3 is 0 Å². The average molecular weight is 248 g/mol. The molecule has 1 saturated heterocycles. The van der Waals surface area contributed by atoms with E-state index >= 15 is 0 Å². The second-order valence-electron chi connectivity index (χ2n) is 5.39. The molecule has 0 aliphatic carbocycles. The number of nitrogens with two attached hydrogens (primary N) is 1. The van der Waals surface area contributed by atoms with Gasteiger partial charge in [-0.05, 0) is 44.6 Å². The van der Waals surface area contributed by atoms with Gasteiger partial charge in [0.05, 0.1) is 0 Å². The van der Waals surface area contributed by atoms with E-state index in [9.17, 15) is 0 Å². The number of pyridine rings is 1. The van der Waals surface area contributed by atoms with Crippen LogP contribution in [0, 0.1) is 5.92 Å². The normalized spacial score (nSPS) is 22.6. The molecular formula is C14H24N4. The van der Waals surface area contributed by atoms with Crippen molar-refractivity contribution in [3.63, 3.8) is 0 Å². The molecule has 0 spiro atoms. The van der Waals surface area contributed by atoms with Gasteiger partial charge < -0.3 is 10.6 Å². The molecule has 1 aliphatic rings. The zero-order chi connectivity index (χ0) is 13.0. The fourth-order valence-corrected chi connectivity index (χ4v) is 2.85. The van der Waals surface area contributed by atoms with Crippen molar-refractivity contribution in [1.82, 2.24) is 14.8 Å². The van der Waals surface area contributed by atoms with Gasteiger partial charge in [-0.2, -0.15) is 0 Å². The van der Waals surface area contributed by atoms with Gasteiger partial charge in [-0.15, -0.1) is 0 Å². The molecule has 2 heterocycles. The van der Waals surface area contributed by atoms with E-state index in [1.165, 1.54) is 25.1 Å². The highest BCUT2D eigenvalue weighted by Crippen LogP contribution is 2.21. The van der Waals surface area contributed by atoms with E-state index in [1.54, 1.807) is 0 Å². The van der Waals surface area contributed by atoms with Gasteiger partial charge in [-0.3, -0.25) is 9.88 Å². The van der Waals surface area contributed by atoms with E-state index in [0.717, 1.165) is 12.5 Å². The van der Waals surface area contributed by atoms with E-state index < -0.39 is 0 Å². The van der Waals surface area contributed by atoms with Crippen molar-refractivity contribution in [3.8, 4) is 0 Å². The van der Waals surface area contributed by atoms with E-state index in [-0.39, 0.29) is 6.04 Å². The minimum absolute atomic E-state index is 0.282. The highest BCUT2D eigenvalue weighted by atomic mass is 15.2. The topological polar surface area (TPSA) is 45.4 Å². The minimum atomic E-state index is 0.282. The molecule has 1 aromatic rings. The third kappa shape index (κ3) is 3.28. The van der Waals surface area contributed by atoms with Gasteiger partial charge in [-0.25, -0.2) is 0 Å². The number of likely N-dealkylation sites (tertiary alicyclic amines) is 1. The SMILES string of the molecule is CN1CCC(CN(C)C(CN)c2cccnc2)C1. The molecule has 0 radical (unpaired) electrons. The molecule has 1 aliphatic heterocycles. The molecule has 4 heteroatoms. The molecule has 2 unspecified atom stereocenters. The molecule has 2 N–H and O–H groups in total. The maximum absolute atomic E-state index is 5.93. The van der Waals surface area contributed by atoms with Crippen LogP contribution in [0.15, 0.2) is 24.5 Å². The molecular weight excluding hydrogens is 224 g/mol. The Morgan fingerprint density at radius 1 is 1.61 bits per heavy atom. The van der Waals surface area contributed by atoms with Crippen molar-refractivity contribution in [1.29, 1.82) is 0 Å². The summed E-state index contributed by atoms with van der Waals surface area (Å²) in [4.78, 5) is 8.97. The Kier molecular flexibility index (Phi) is 4.69. The first-order valence-corrected chi connectivity index (χ1v) is 6.69. The van der Waals surface area contributed by atoms with Crippen molar-refractivity contribution in [3.05, 3.63) is 30.1 Å². The van der Waals surface area contributed by atoms with Crippen molar-refractivity contribution < 1.29 is 0 Å².